The Bertz CT molecular complexity index is 2850. The topological polar surface area (TPSA) is 64.7 Å². The molecule has 0 radical (unpaired) electrons. The van der Waals surface area contributed by atoms with Gasteiger partial charge >= 0.3 is 0 Å². The average molecular weight is 679 g/mol. The van der Waals surface area contributed by atoms with Crippen LogP contribution in [0.4, 0.5) is 0 Å². The van der Waals surface area contributed by atoms with Crippen LogP contribution in [0, 0.1) is 0 Å². The highest BCUT2D eigenvalue weighted by atomic mass is 16.3. The van der Waals surface area contributed by atoms with E-state index in [1.54, 1.807) is 0 Å². The normalized spacial score (nSPS) is 11.4. The molecule has 3 heterocycles. The van der Waals surface area contributed by atoms with E-state index in [1.807, 2.05) is 78.9 Å². The third kappa shape index (κ3) is 5.61. The van der Waals surface area contributed by atoms with Gasteiger partial charge in [0.1, 0.15) is 11.2 Å². The summed E-state index contributed by atoms with van der Waals surface area (Å²) in [7, 11) is 0. The molecule has 5 nitrogen and oxygen atoms in total. The summed E-state index contributed by atoms with van der Waals surface area (Å²) in [5, 5.41) is 3.09. The van der Waals surface area contributed by atoms with E-state index in [9.17, 15) is 0 Å². The second-order valence-corrected chi connectivity index (χ2v) is 13.1. The summed E-state index contributed by atoms with van der Waals surface area (Å²) in [4.78, 5) is 19.9. The summed E-state index contributed by atoms with van der Waals surface area (Å²) < 4.78 is 6.52. The van der Waals surface area contributed by atoms with E-state index in [-0.39, 0.29) is 0 Å². The minimum atomic E-state index is 0.633. The van der Waals surface area contributed by atoms with Crippen molar-refractivity contribution in [2.45, 2.75) is 0 Å². The first-order valence-corrected chi connectivity index (χ1v) is 17.6. The van der Waals surface area contributed by atoms with Crippen molar-refractivity contribution in [1.29, 1.82) is 0 Å². The second kappa shape index (κ2) is 12.8. The SMILES string of the molecule is c1ccc(-c2ccc3c(c2)nc(-c2ccc(-c4ccc(-c5nc(-c6ccccc6)nc(-c6ccccc6)n5)cc4)cc2)c2c4ccccc4oc32)cc1. The van der Waals surface area contributed by atoms with Crippen LogP contribution in [0.3, 0.4) is 0 Å². The van der Waals surface area contributed by atoms with Crippen LogP contribution in [0.25, 0.3) is 101 Å². The minimum Gasteiger partial charge on any atom is -0.455 e. The molecule has 5 heteroatoms. The summed E-state index contributed by atoms with van der Waals surface area (Å²) in [6.07, 6.45) is 0. The smallest absolute Gasteiger partial charge is 0.164 e. The van der Waals surface area contributed by atoms with Gasteiger partial charge in [0, 0.05) is 33.0 Å². The molecule has 248 valence electrons. The van der Waals surface area contributed by atoms with Crippen LogP contribution in [-0.2, 0) is 0 Å². The fourth-order valence-corrected chi connectivity index (χ4v) is 7.05. The van der Waals surface area contributed by atoms with E-state index in [2.05, 4.69) is 103 Å². The summed E-state index contributed by atoms with van der Waals surface area (Å²) in [6.45, 7) is 0. The van der Waals surface area contributed by atoms with E-state index < -0.39 is 0 Å². The Morgan fingerprint density at radius 3 is 1.34 bits per heavy atom. The number of para-hydroxylation sites is 1. The van der Waals surface area contributed by atoms with E-state index in [0.717, 1.165) is 83.0 Å². The summed E-state index contributed by atoms with van der Waals surface area (Å²) in [5.74, 6) is 1.92. The molecule has 0 atom stereocenters. The molecular weight excluding hydrogens is 649 g/mol. The number of rotatable bonds is 6. The maximum atomic E-state index is 6.52. The third-order valence-electron chi connectivity index (χ3n) is 9.75. The lowest BCUT2D eigenvalue weighted by Crippen LogP contribution is -2.00. The van der Waals surface area contributed by atoms with Crippen LogP contribution in [0.1, 0.15) is 0 Å². The Morgan fingerprint density at radius 1 is 0.321 bits per heavy atom. The number of benzene rings is 7. The molecule has 0 amide bonds. The molecule has 0 spiro atoms. The van der Waals surface area contributed by atoms with Crippen LogP contribution in [0.2, 0.25) is 0 Å². The number of hydrogen-bond donors (Lipinski definition) is 0. The Labute approximate surface area is 305 Å². The number of pyridine rings is 1. The van der Waals surface area contributed by atoms with E-state index >= 15 is 0 Å². The summed E-state index contributed by atoms with van der Waals surface area (Å²) in [6, 6.07) is 62.2. The van der Waals surface area contributed by atoms with Gasteiger partial charge in [0.2, 0.25) is 0 Å². The lowest BCUT2D eigenvalue weighted by molar-refractivity contribution is 0.672. The minimum absolute atomic E-state index is 0.633. The van der Waals surface area contributed by atoms with E-state index in [1.165, 1.54) is 0 Å². The molecule has 0 aliphatic carbocycles. The number of furan rings is 1. The standard InChI is InChI=1S/C48H30N4O/c1-4-12-31(13-5-1)38-28-29-39-41(30-38)49-44(43-40-18-10-11-19-42(40)53-45(39)43)34-24-20-32(21-25-34)33-22-26-37(27-23-33)48-51-46(35-14-6-2-7-15-35)50-47(52-48)36-16-8-3-9-17-36/h1-30H. The van der Waals surface area contributed by atoms with Gasteiger partial charge in [-0.3, -0.25) is 0 Å². The first kappa shape index (κ1) is 30.6. The highest BCUT2D eigenvalue weighted by molar-refractivity contribution is 6.19. The van der Waals surface area contributed by atoms with Crippen molar-refractivity contribution in [1.82, 2.24) is 19.9 Å². The number of aromatic nitrogens is 4. The molecule has 53 heavy (non-hydrogen) atoms. The van der Waals surface area contributed by atoms with Crippen molar-refractivity contribution in [3.8, 4) is 67.7 Å². The molecule has 0 N–H and O–H groups in total. The molecule has 3 aromatic heterocycles. The van der Waals surface area contributed by atoms with E-state index in [4.69, 9.17) is 24.4 Å². The largest absolute Gasteiger partial charge is 0.455 e. The molecule has 0 bridgehead atoms. The quantitative estimate of drug-likeness (QED) is 0.175. The molecule has 0 unspecified atom stereocenters. The number of hydrogen-bond acceptors (Lipinski definition) is 5. The van der Waals surface area contributed by atoms with Crippen molar-refractivity contribution in [3.63, 3.8) is 0 Å². The Hall–Kier alpha value is -7.24. The van der Waals surface area contributed by atoms with Gasteiger partial charge < -0.3 is 4.42 Å². The fourth-order valence-electron chi connectivity index (χ4n) is 7.05. The molecular formula is C48H30N4O. The summed E-state index contributed by atoms with van der Waals surface area (Å²) in [5.41, 5.74) is 11.8. The Kier molecular flexibility index (Phi) is 7.40. The lowest BCUT2D eigenvalue weighted by atomic mass is 9.98. The van der Waals surface area contributed by atoms with Crippen molar-refractivity contribution in [2.75, 3.05) is 0 Å². The van der Waals surface area contributed by atoms with Gasteiger partial charge in [-0.1, -0.05) is 164 Å². The van der Waals surface area contributed by atoms with Gasteiger partial charge in [-0.15, -0.1) is 0 Å². The molecule has 0 aliphatic heterocycles. The molecule has 0 saturated heterocycles. The third-order valence-corrected chi connectivity index (χ3v) is 9.75. The molecule has 0 fully saturated rings. The van der Waals surface area contributed by atoms with Crippen molar-refractivity contribution >= 4 is 32.8 Å². The van der Waals surface area contributed by atoms with Crippen LogP contribution in [0.15, 0.2) is 186 Å². The zero-order chi connectivity index (χ0) is 35.1. The monoisotopic (exact) mass is 678 g/mol. The first-order valence-electron chi connectivity index (χ1n) is 17.6. The molecule has 10 rings (SSSR count). The maximum Gasteiger partial charge on any atom is 0.164 e. The second-order valence-electron chi connectivity index (χ2n) is 13.1. The van der Waals surface area contributed by atoms with Gasteiger partial charge in [-0.2, -0.15) is 0 Å². The first-order chi connectivity index (χ1) is 26.2. The van der Waals surface area contributed by atoms with Crippen molar-refractivity contribution in [3.05, 3.63) is 182 Å². The fraction of sp³-hybridized carbons (Fsp3) is 0. The van der Waals surface area contributed by atoms with Crippen LogP contribution >= 0.6 is 0 Å². The van der Waals surface area contributed by atoms with Gasteiger partial charge in [0.25, 0.3) is 0 Å². The van der Waals surface area contributed by atoms with E-state index in [0.29, 0.717) is 17.5 Å². The number of fused-ring (bicyclic) bond motifs is 5. The van der Waals surface area contributed by atoms with Crippen molar-refractivity contribution < 1.29 is 4.42 Å². The molecule has 10 aromatic rings. The molecule has 7 aromatic carbocycles. The van der Waals surface area contributed by atoms with Crippen LogP contribution in [-0.4, -0.2) is 19.9 Å². The van der Waals surface area contributed by atoms with Crippen LogP contribution < -0.4 is 0 Å². The molecule has 0 aliphatic rings. The maximum absolute atomic E-state index is 6.52. The highest BCUT2D eigenvalue weighted by Crippen LogP contribution is 2.40. The average Bonchev–Trinajstić information content (AvgIpc) is 3.64. The van der Waals surface area contributed by atoms with Crippen molar-refractivity contribution in [2.24, 2.45) is 0 Å². The highest BCUT2D eigenvalue weighted by Gasteiger charge is 2.19. The zero-order valence-electron chi connectivity index (χ0n) is 28.5. The Morgan fingerprint density at radius 2 is 0.755 bits per heavy atom. The van der Waals surface area contributed by atoms with Crippen LogP contribution in [0.5, 0.6) is 0 Å². The van der Waals surface area contributed by atoms with Gasteiger partial charge in [-0.05, 0) is 40.5 Å². The van der Waals surface area contributed by atoms with Gasteiger partial charge in [-0.25, -0.2) is 19.9 Å². The zero-order valence-corrected chi connectivity index (χ0v) is 28.5. The van der Waals surface area contributed by atoms with Gasteiger partial charge in [0.05, 0.1) is 16.6 Å². The van der Waals surface area contributed by atoms with Gasteiger partial charge in [0.15, 0.2) is 17.5 Å². The summed E-state index contributed by atoms with van der Waals surface area (Å²) >= 11 is 0. The number of nitrogens with zero attached hydrogens (tertiary/aromatic N) is 4. The predicted molar refractivity (Wildman–Crippen MR) is 215 cm³/mol. The molecule has 0 saturated carbocycles. The predicted octanol–water partition coefficient (Wildman–Crippen LogP) is 12.3. The lowest BCUT2D eigenvalue weighted by Gasteiger charge is -2.10. The Balaban J connectivity index is 1.03.